The second-order valence-electron chi connectivity index (χ2n) is 4.66. The smallest absolute Gasteiger partial charge is 0.258 e. The molecule has 5 heteroatoms. The molecule has 18 heavy (non-hydrogen) atoms. The van der Waals surface area contributed by atoms with Gasteiger partial charge in [-0.1, -0.05) is 11.2 Å². The molecule has 0 atom stereocenters. The van der Waals surface area contributed by atoms with Crippen LogP contribution in [0.1, 0.15) is 25.1 Å². The molecule has 1 fully saturated rings. The van der Waals surface area contributed by atoms with Crippen molar-refractivity contribution >= 4 is 0 Å². The van der Waals surface area contributed by atoms with Crippen LogP contribution in [-0.2, 0) is 5.54 Å². The minimum atomic E-state index is -0.388. The van der Waals surface area contributed by atoms with Crippen molar-refractivity contribution in [2.75, 3.05) is 7.11 Å². The molecule has 0 aliphatic heterocycles. The molecule has 0 radical (unpaired) electrons. The maximum Gasteiger partial charge on any atom is 0.258 e. The molecule has 0 saturated heterocycles. The van der Waals surface area contributed by atoms with Gasteiger partial charge in [0.25, 0.3) is 5.89 Å². The van der Waals surface area contributed by atoms with Crippen LogP contribution in [0.3, 0.4) is 0 Å². The van der Waals surface area contributed by atoms with Gasteiger partial charge in [0.2, 0.25) is 0 Å². The Morgan fingerprint density at radius 2 is 2.22 bits per heavy atom. The first-order chi connectivity index (χ1) is 8.71. The van der Waals surface area contributed by atoms with E-state index >= 15 is 0 Å². The lowest BCUT2D eigenvalue weighted by Crippen LogP contribution is -2.44. The standard InChI is InChI=1S/C13H15N3O2/c1-17-10-5-2-4-9(8-10)11-15-12(16-18-11)13(14)6-3-7-13/h2,4-5,8H,3,6-7,14H2,1H3. The maximum atomic E-state index is 6.16. The third kappa shape index (κ3) is 1.76. The summed E-state index contributed by atoms with van der Waals surface area (Å²) in [4.78, 5) is 4.39. The highest BCUT2D eigenvalue weighted by Gasteiger charge is 2.39. The molecule has 0 amide bonds. The largest absolute Gasteiger partial charge is 0.497 e. The van der Waals surface area contributed by atoms with Crippen LogP contribution in [0.15, 0.2) is 28.8 Å². The van der Waals surface area contributed by atoms with E-state index in [-0.39, 0.29) is 5.54 Å². The number of rotatable bonds is 3. The van der Waals surface area contributed by atoms with Gasteiger partial charge in [-0.05, 0) is 37.5 Å². The number of ether oxygens (including phenoxy) is 1. The topological polar surface area (TPSA) is 74.2 Å². The fraction of sp³-hybridized carbons (Fsp3) is 0.385. The van der Waals surface area contributed by atoms with Crippen molar-refractivity contribution in [3.05, 3.63) is 30.1 Å². The monoisotopic (exact) mass is 245 g/mol. The van der Waals surface area contributed by atoms with Crippen molar-refractivity contribution in [1.82, 2.24) is 10.1 Å². The Balaban J connectivity index is 1.92. The number of benzene rings is 1. The lowest BCUT2D eigenvalue weighted by molar-refractivity contribution is 0.229. The number of aromatic nitrogens is 2. The first-order valence-electron chi connectivity index (χ1n) is 5.99. The predicted octanol–water partition coefficient (Wildman–Crippen LogP) is 2.08. The normalized spacial score (nSPS) is 17.2. The fourth-order valence-electron chi connectivity index (χ4n) is 2.08. The van der Waals surface area contributed by atoms with Gasteiger partial charge in [-0.2, -0.15) is 4.98 Å². The maximum absolute atomic E-state index is 6.16. The van der Waals surface area contributed by atoms with Gasteiger partial charge < -0.3 is 15.0 Å². The summed E-state index contributed by atoms with van der Waals surface area (Å²) < 4.78 is 10.4. The first-order valence-corrected chi connectivity index (χ1v) is 5.99. The van der Waals surface area contributed by atoms with Gasteiger partial charge in [-0.25, -0.2) is 0 Å². The van der Waals surface area contributed by atoms with Crippen LogP contribution in [0.5, 0.6) is 5.75 Å². The Morgan fingerprint density at radius 1 is 1.39 bits per heavy atom. The highest BCUT2D eigenvalue weighted by Crippen LogP contribution is 2.37. The molecule has 1 aromatic heterocycles. The molecule has 0 spiro atoms. The molecule has 1 heterocycles. The Morgan fingerprint density at radius 3 is 2.89 bits per heavy atom. The van der Waals surface area contributed by atoms with Gasteiger partial charge in [0, 0.05) is 5.56 Å². The van der Waals surface area contributed by atoms with Crippen LogP contribution < -0.4 is 10.5 Å². The summed E-state index contributed by atoms with van der Waals surface area (Å²) in [6, 6.07) is 7.53. The van der Waals surface area contributed by atoms with E-state index in [0.717, 1.165) is 30.6 Å². The Kier molecular flexibility index (Phi) is 2.56. The fourth-order valence-corrected chi connectivity index (χ4v) is 2.08. The summed E-state index contributed by atoms with van der Waals surface area (Å²) in [5.41, 5.74) is 6.62. The molecule has 1 aliphatic carbocycles. The van der Waals surface area contributed by atoms with Gasteiger partial charge in [0.1, 0.15) is 5.75 Å². The van der Waals surface area contributed by atoms with E-state index in [1.165, 1.54) is 0 Å². The quantitative estimate of drug-likeness (QED) is 0.896. The summed E-state index contributed by atoms with van der Waals surface area (Å²) in [6.07, 6.45) is 2.97. The summed E-state index contributed by atoms with van der Waals surface area (Å²) in [7, 11) is 1.63. The average Bonchev–Trinajstić information content (AvgIpc) is 2.86. The van der Waals surface area contributed by atoms with Crippen LogP contribution in [0, 0.1) is 0 Å². The highest BCUT2D eigenvalue weighted by molar-refractivity contribution is 5.55. The SMILES string of the molecule is COc1cccc(-c2nc(C3(N)CCC3)no2)c1. The molecule has 0 bridgehead atoms. The first kappa shape index (κ1) is 11.2. The Labute approximate surface area is 105 Å². The van der Waals surface area contributed by atoms with Crippen LogP contribution in [-0.4, -0.2) is 17.3 Å². The predicted molar refractivity (Wildman–Crippen MR) is 66.0 cm³/mol. The van der Waals surface area contributed by atoms with E-state index in [1.54, 1.807) is 7.11 Å². The minimum absolute atomic E-state index is 0.388. The zero-order chi connectivity index (χ0) is 12.6. The molecule has 1 aliphatic rings. The van der Waals surface area contributed by atoms with Crippen molar-refractivity contribution < 1.29 is 9.26 Å². The number of hydrogen-bond acceptors (Lipinski definition) is 5. The van der Waals surface area contributed by atoms with E-state index in [1.807, 2.05) is 24.3 Å². The summed E-state index contributed by atoms with van der Waals surface area (Å²) in [5, 5.41) is 3.99. The minimum Gasteiger partial charge on any atom is -0.497 e. The van der Waals surface area contributed by atoms with Gasteiger partial charge in [0.15, 0.2) is 5.82 Å². The lowest BCUT2D eigenvalue weighted by Gasteiger charge is -2.34. The van der Waals surface area contributed by atoms with Crippen LogP contribution in [0.2, 0.25) is 0 Å². The molecule has 94 valence electrons. The van der Waals surface area contributed by atoms with E-state index in [4.69, 9.17) is 15.0 Å². The zero-order valence-electron chi connectivity index (χ0n) is 10.2. The van der Waals surface area contributed by atoms with Crippen LogP contribution in [0.4, 0.5) is 0 Å². The Hall–Kier alpha value is -1.88. The summed E-state index contributed by atoms with van der Waals surface area (Å²) >= 11 is 0. The van der Waals surface area contributed by atoms with Crippen molar-refractivity contribution in [2.24, 2.45) is 5.73 Å². The number of methoxy groups -OCH3 is 1. The van der Waals surface area contributed by atoms with Crippen LogP contribution in [0.25, 0.3) is 11.5 Å². The number of hydrogen-bond donors (Lipinski definition) is 1. The molecule has 1 aromatic carbocycles. The average molecular weight is 245 g/mol. The summed E-state index contributed by atoms with van der Waals surface area (Å²) in [5.74, 6) is 1.85. The summed E-state index contributed by atoms with van der Waals surface area (Å²) in [6.45, 7) is 0. The third-order valence-corrected chi connectivity index (χ3v) is 3.43. The lowest BCUT2D eigenvalue weighted by atomic mass is 9.77. The molecular formula is C13H15N3O2. The highest BCUT2D eigenvalue weighted by atomic mass is 16.5. The molecular weight excluding hydrogens is 230 g/mol. The van der Waals surface area contributed by atoms with E-state index in [9.17, 15) is 0 Å². The molecule has 2 N–H and O–H groups in total. The van der Waals surface area contributed by atoms with Gasteiger partial charge in [0.05, 0.1) is 12.6 Å². The van der Waals surface area contributed by atoms with E-state index < -0.39 is 0 Å². The number of nitrogens with zero attached hydrogens (tertiary/aromatic N) is 2. The van der Waals surface area contributed by atoms with Crippen molar-refractivity contribution in [3.63, 3.8) is 0 Å². The third-order valence-electron chi connectivity index (χ3n) is 3.43. The van der Waals surface area contributed by atoms with E-state index in [2.05, 4.69) is 10.1 Å². The second-order valence-corrected chi connectivity index (χ2v) is 4.66. The van der Waals surface area contributed by atoms with Gasteiger partial charge in [-0.15, -0.1) is 0 Å². The second kappa shape index (κ2) is 4.10. The molecule has 0 unspecified atom stereocenters. The molecule has 3 rings (SSSR count). The van der Waals surface area contributed by atoms with Crippen molar-refractivity contribution in [1.29, 1.82) is 0 Å². The van der Waals surface area contributed by atoms with Gasteiger partial charge in [-0.3, -0.25) is 0 Å². The van der Waals surface area contributed by atoms with Crippen LogP contribution >= 0.6 is 0 Å². The van der Waals surface area contributed by atoms with Crippen molar-refractivity contribution in [3.8, 4) is 17.2 Å². The zero-order valence-corrected chi connectivity index (χ0v) is 10.2. The van der Waals surface area contributed by atoms with Gasteiger partial charge >= 0.3 is 0 Å². The Bertz CT molecular complexity index is 561. The number of nitrogens with two attached hydrogens (primary N) is 1. The van der Waals surface area contributed by atoms with E-state index in [0.29, 0.717) is 11.7 Å². The van der Waals surface area contributed by atoms with Crippen molar-refractivity contribution in [2.45, 2.75) is 24.8 Å². The molecule has 1 saturated carbocycles. The molecule has 5 nitrogen and oxygen atoms in total. The molecule has 2 aromatic rings.